The molecule has 2 amide bonds. The third kappa shape index (κ3) is 6.39. The molecule has 1 unspecified atom stereocenters. The maximum absolute atomic E-state index is 12.2. The third-order valence-corrected chi connectivity index (χ3v) is 5.11. The van der Waals surface area contributed by atoms with Gasteiger partial charge in [0.2, 0.25) is 0 Å². The summed E-state index contributed by atoms with van der Waals surface area (Å²) in [6, 6.07) is 3.22. The zero-order valence-electron chi connectivity index (χ0n) is 16.1. The van der Waals surface area contributed by atoms with Crippen LogP contribution in [0.4, 0.5) is 10.5 Å². The lowest BCUT2D eigenvalue weighted by Gasteiger charge is -2.35. The molecule has 0 aromatic carbocycles. The van der Waals surface area contributed by atoms with E-state index in [0.717, 1.165) is 44.7 Å². The van der Waals surface area contributed by atoms with Gasteiger partial charge < -0.3 is 14.6 Å². The van der Waals surface area contributed by atoms with Crippen LogP contribution in [-0.2, 0) is 9.63 Å². The van der Waals surface area contributed by atoms with Crippen molar-refractivity contribution >= 4 is 42.5 Å². The molecule has 2 aliphatic heterocycles. The fraction of sp³-hybridized carbons (Fsp3) is 0.611. The number of anilines is 1. The molecule has 1 aromatic rings. The first-order chi connectivity index (χ1) is 12.6. The predicted octanol–water partition coefficient (Wildman–Crippen LogP) is 2.09. The number of hydroxylamine groups is 1. The summed E-state index contributed by atoms with van der Waals surface area (Å²) in [5.41, 5.74) is 3.41. The molecular formula is C18H29Cl2N5O3. The Hall–Kier alpha value is -1.77. The highest BCUT2D eigenvalue weighted by Gasteiger charge is 2.26. The van der Waals surface area contributed by atoms with E-state index in [4.69, 9.17) is 4.84 Å². The molecule has 28 heavy (non-hydrogen) atoms. The Kier molecular flexibility index (Phi) is 10.3. The van der Waals surface area contributed by atoms with Crippen molar-refractivity contribution in [2.24, 2.45) is 0 Å². The molecule has 3 heterocycles. The van der Waals surface area contributed by atoms with Gasteiger partial charge in [0.15, 0.2) is 0 Å². The van der Waals surface area contributed by atoms with Crippen molar-refractivity contribution < 1.29 is 14.4 Å². The summed E-state index contributed by atoms with van der Waals surface area (Å²) in [5, 5.41) is 0. The van der Waals surface area contributed by atoms with Crippen LogP contribution >= 0.6 is 24.8 Å². The normalized spacial score (nSPS) is 18.3. The monoisotopic (exact) mass is 433 g/mol. The Morgan fingerprint density at radius 1 is 1.00 bits per heavy atom. The summed E-state index contributed by atoms with van der Waals surface area (Å²) >= 11 is 0. The number of carbonyl (C=O) groups excluding carboxylic acids is 2. The summed E-state index contributed by atoms with van der Waals surface area (Å²) < 4.78 is 0. The Labute approximate surface area is 178 Å². The zero-order chi connectivity index (χ0) is 18.4. The molecule has 2 saturated heterocycles. The standard InChI is InChI=1S/C18H27N5O3.2ClH/c1-15(21-9-3-2-4-10-21)17(24)26-20-18(25)23-13-11-22(12-14-23)16-5-7-19-8-6-16;;/h5-8,15H,2-4,9-14H2,1H3,(H,20,25);2*1H. The van der Waals surface area contributed by atoms with Gasteiger partial charge >= 0.3 is 12.0 Å². The molecule has 158 valence electrons. The number of piperazine rings is 1. The summed E-state index contributed by atoms with van der Waals surface area (Å²) in [6.07, 6.45) is 6.94. The number of pyridine rings is 1. The SMILES string of the molecule is CC(C(=O)ONC(=O)N1CCN(c2ccncc2)CC1)N1CCCCC1.Cl.Cl. The maximum atomic E-state index is 12.2. The molecule has 1 aromatic heterocycles. The highest BCUT2D eigenvalue weighted by Crippen LogP contribution is 2.15. The van der Waals surface area contributed by atoms with Crippen molar-refractivity contribution in [3.8, 4) is 0 Å². The van der Waals surface area contributed by atoms with Crippen LogP contribution in [0.5, 0.6) is 0 Å². The van der Waals surface area contributed by atoms with E-state index in [9.17, 15) is 9.59 Å². The molecule has 10 heteroatoms. The molecule has 0 spiro atoms. The summed E-state index contributed by atoms with van der Waals surface area (Å²) in [6.45, 7) is 6.25. The van der Waals surface area contributed by atoms with E-state index < -0.39 is 5.97 Å². The van der Waals surface area contributed by atoms with Crippen molar-refractivity contribution in [3.05, 3.63) is 24.5 Å². The first kappa shape index (κ1) is 24.3. The molecule has 0 aliphatic carbocycles. The summed E-state index contributed by atoms with van der Waals surface area (Å²) in [5.74, 6) is -0.407. The lowest BCUT2D eigenvalue weighted by atomic mass is 10.1. The van der Waals surface area contributed by atoms with Gasteiger partial charge in [0.05, 0.1) is 0 Å². The molecule has 1 N–H and O–H groups in total. The van der Waals surface area contributed by atoms with Crippen LogP contribution in [0.2, 0.25) is 0 Å². The maximum Gasteiger partial charge on any atom is 0.350 e. The Bertz CT molecular complexity index is 608. The molecule has 2 fully saturated rings. The number of carbonyl (C=O) groups is 2. The van der Waals surface area contributed by atoms with Gasteiger partial charge in [-0.05, 0) is 45.0 Å². The van der Waals surface area contributed by atoms with E-state index >= 15 is 0 Å². The number of urea groups is 1. The van der Waals surface area contributed by atoms with Gasteiger partial charge in [0.25, 0.3) is 0 Å². The van der Waals surface area contributed by atoms with Crippen molar-refractivity contribution in [2.45, 2.75) is 32.2 Å². The Balaban J connectivity index is 0.00000196. The topological polar surface area (TPSA) is 78.0 Å². The van der Waals surface area contributed by atoms with Crippen LogP contribution in [0, 0.1) is 0 Å². The number of amides is 2. The number of nitrogens with zero attached hydrogens (tertiary/aromatic N) is 4. The summed E-state index contributed by atoms with van der Waals surface area (Å²) in [4.78, 5) is 39.4. The number of rotatable bonds is 3. The number of aromatic nitrogens is 1. The van der Waals surface area contributed by atoms with Crippen molar-refractivity contribution in [3.63, 3.8) is 0 Å². The van der Waals surface area contributed by atoms with Crippen LogP contribution in [0.25, 0.3) is 0 Å². The molecule has 1 atom stereocenters. The van der Waals surface area contributed by atoms with Crippen LogP contribution in [0.3, 0.4) is 0 Å². The second-order valence-corrected chi connectivity index (χ2v) is 6.78. The smallest absolute Gasteiger partial charge is 0.350 e. The average molecular weight is 434 g/mol. The Morgan fingerprint density at radius 3 is 2.21 bits per heavy atom. The number of hydrogen-bond acceptors (Lipinski definition) is 6. The summed E-state index contributed by atoms with van der Waals surface area (Å²) in [7, 11) is 0. The van der Waals surface area contributed by atoms with Gasteiger partial charge in [0, 0.05) is 44.3 Å². The third-order valence-electron chi connectivity index (χ3n) is 5.11. The van der Waals surface area contributed by atoms with Crippen LogP contribution in [-0.4, -0.2) is 72.1 Å². The zero-order valence-corrected chi connectivity index (χ0v) is 17.7. The Morgan fingerprint density at radius 2 is 1.61 bits per heavy atom. The van der Waals surface area contributed by atoms with Gasteiger partial charge in [-0.15, -0.1) is 24.8 Å². The van der Waals surface area contributed by atoms with Crippen LogP contribution < -0.4 is 10.4 Å². The van der Waals surface area contributed by atoms with Crippen molar-refractivity contribution in [1.82, 2.24) is 20.3 Å². The lowest BCUT2D eigenvalue weighted by Crippen LogP contribution is -2.53. The predicted molar refractivity (Wildman–Crippen MR) is 112 cm³/mol. The lowest BCUT2D eigenvalue weighted by molar-refractivity contribution is -0.155. The van der Waals surface area contributed by atoms with Gasteiger partial charge in [-0.3, -0.25) is 9.88 Å². The number of likely N-dealkylation sites (tertiary alicyclic amines) is 1. The molecule has 0 radical (unpaired) electrons. The molecule has 3 rings (SSSR count). The minimum absolute atomic E-state index is 0. The van der Waals surface area contributed by atoms with E-state index in [0.29, 0.717) is 13.1 Å². The molecule has 0 saturated carbocycles. The fourth-order valence-electron chi connectivity index (χ4n) is 3.42. The van der Waals surface area contributed by atoms with Crippen LogP contribution in [0.1, 0.15) is 26.2 Å². The minimum Gasteiger partial charge on any atom is -0.368 e. The van der Waals surface area contributed by atoms with Crippen molar-refractivity contribution in [1.29, 1.82) is 0 Å². The van der Waals surface area contributed by atoms with Gasteiger partial charge in [-0.25, -0.2) is 9.59 Å². The minimum atomic E-state index is -0.407. The first-order valence-corrected chi connectivity index (χ1v) is 9.30. The molecule has 2 aliphatic rings. The highest BCUT2D eigenvalue weighted by atomic mass is 35.5. The first-order valence-electron chi connectivity index (χ1n) is 9.30. The van der Waals surface area contributed by atoms with E-state index in [1.807, 2.05) is 19.1 Å². The molecule has 8 nitrogen and oxygen atoms in total. The molecular weight excluding hydrogens is 405 g/mol. The van der Waals surface area contributed by atoms with Crippen molar-refractivity contribution in [2.75, 3.05) is 44.2 Å². The van der Waals surface area contributed by atoms with Gasteiger partial charge in [0.1, 0.15) is 6.04 Å². The second-order valence-electron chi connectivity index (χ2n) is 6.78. The van der Waals surface area contributed by atoms with E-state index in [2.05, 4.69) is 20.3 Å². The second kappa shape index (κ2) is 11.9. The van der Waals surface area contributed by atoms with Crippen LogP contribution in [0.15, 0.2) is 24.5 Å². The van der Waals surface area contributed by atoms with Gasteiger partial charge in [-0.1, -0.05) is 6.42 Å². The van der Waals surface area contributed by atoms with E-state index in [1.54, 1.807) is 17.3 Å². The molecule has 0 bridgehead atoms. The van der Waals surface area contributed by atoms with E-state index in [1.165, 1.54) is 6.42 Å². The number of piperidine rings is 1. The number of nitrogens with one attached hydrogen (secondary N) is 1. The average Bonchev–Trinajstić information content (AvgIpc) is 2.72. The van der Waals surface area contributed by atoms with Gasteiger partial charge in [-0.2, -0.15) is 5.48 Å². The quantitative estimate of drug-likeness (QED) is 0.735. The fourth-order valence-corrected chi connectivity index (χ4v) is 3.42. The highest BCUT2D eigenvalue weighted by molar-refractivity contribution is 5.85. The largest absolute Gasteiger partial charge is 0.368 e. The number of halogens is 2. The number of hydrogen-bond donors (Lipinski definition) is 1. The van der Waals surface area contributed by atoms with E-state index in [-0.39, 0.29) is 36.9 Å².